The highest BCUT2D eigenvalue weighted by atomic mass is 16.2. The highest BCUT2D eigenvalue weighted by Gasteiger charge is 2.15. The Bertz CT molecular complexity index is 424. The van der Waals surface area contributed by atoms with Crippen LogP contribution in [0.2, 0.25) is 0 Å². The number of hydrogen-bond donors (Lipinski definition) is 1. The molecule has 0 saturated carbocycles. The third kappa shape index (κ3) is 4.21. The summed E-state index contributed by atoms with van der Waals surface area (Å²) in [7, 11) is 0. The Labute approximate surface area is 124 Å². The Kier molecular flexibility index (Phi) is 6.48. The van der Waals surface area contributed by atoms with Crippen molar-refractivity contribution in [2.75, 3.05) is 6.61 Å². The molecule has 0 heterocycles. The van der Waals surface area contributed by atoms with Crippen LogP contribution in [0.5, 0.6) is 0 Å². The van der Waals surface area contributed by atoms with E-state index in [1.54, 1.807) is 0 Å². The van der Waals surface area contributed by atoms with Gasteiger partial charge in [0.2, 0.25) is 0 Å². The Balaban J connectivity index is 3.43. The van der Waals surface area contributed by atoms with Crippen LogP contribution in [0.1, 0.15) is 88.0 Å². The van der Waals surface area contributed by atoms with Gasteiger partial charge in [-0.3, -0.25) is 0 Å². The lowest BCUT2D eigenvalue weighted by Crippen LogP contribution is -2.03. The van der Waals surface area contributed by atoms with E-state index in [1.807, 2.05) is 0 Å². The van der Waals surface area contributed by atoms with E-state index < -0.39 is 0 Å². The highest BCUT2D eigenvalue weighted by Crippen LogP contribution is 2.32. The second-order valence-corrected chi connectivity index (χ2v) is 6.49. The summed E-state index contributed by atoms with van der Waals surface area (Å²) in [6, 6.07) is 4.72. The van der Waals surface area contributed by atoms with Gasteiger partial charge in [-0.25, -0.2) is 0 Å². The van der Waals surface area contributed by atoms with Crippen molar-refractivity contribution >= 4 is 6.08 Å². The first-order valence-corrected chi connectivity index (χ1v) is 7.83. The largest absolute Gasteiger partial charge is 0.396 e. The molecule has 0 bridgehead atoms. The molecule has 0 aliphatic rings. The van der Waals surface area contributed by atoms with Gasteiger partial charge in [0.25, 0.3) is 0 Å². The van der Waals surface area contributed by atoms with Gasteiger partial charge in [0, 0.05) is 6.61 Å². The summed E-state index contributed by atoms with van der Waals surface area (Å²) in [4.78, 5) is 0. The summed E-state index contributed by atoms with van der Waals surface area (Å²) in [6.07, 6.45) is 5.01. The Morgan fingerprint density at radius 3 is 1.75 bits per heavy atom. The summed E-state index contributed by atoms with van der Waals surface area (Å²) < 4.78 is 0. The topological polar surface area (TPSA) is 20.2 Å². The van der Waals surface area contributed by atoms with Gasteiger partial charge in [-0.15, -0.1) is 0 Å². The van der Waals surface area contributed by atoms with Gasteiger partial charge in [0.1, 0.15) is 0 Å². The first-order valence-electron chi connectivity index (χ1n) is 7.83. The molecule has 0 fully saturated rings. The molecule has 0 amide bonds. The fourth-order valence-electron chi connectivity index (χ4n) is 2.48. The Morgan fingerprint density at radius 1 is 0.900 bits per heavy atom. The van der Waals surface area contributed by atoms with Crippen LogP contribution in [0.3, 0.4) is 0 Å². The summed E-state index contributed by atoms with van der Waals surface area (Å²) in [5.74, 6) is 1.58. The monoisotopic (exact) mass is 274 g/mol. The van der Waals surface area contributed by atoms with Gasteiger partial charge in [-0.1, -0.05) is 65.8 Å². The molecule has 1 rings (SSSR count). The molecular formula is C19H30O. The highest BCUT2D eigenvalue weighted by molar-refractivity contribution is 5.61. The lowest BCUT2D eigenvalue weighted by atomic mass is 9.84. The number of aliphatic hydroxyl groups is 1. The van der Waals surface area contributed by atoms with Crippen LogP contribution in [0.4, 0.5) is 0 Å². The lowest BCUT2D eigenvalue weighted by molar-refractivity contribution is 0.303. The van der Waals surface area contributed by atoms with Crippen molar-refractivity contribution in [1.29, 1.82) is 0 Å². The van der Waals surface area contributed by atoms with E-state index in [0.29, 0.717) is 17.8 Å². The van der Waals surface area contributed by atoms with E-state index in [4.69, 9.17) is 5.11 Å². The van der Waals surface area contributed by atoms with Gasteiger partial charge in [0.05, 0.1) is 0 Å². The minimum atomic E-state index is 0.217. The minimum absolute atomic E-state index is 0.217. The predicted octanol–water partition coefficient (Wildman–Crippen LogP) is 5.45. The van der Waals surface area contributed by atoms with Crippen molar-refractivity contribution in [2.45, 2.75) is 65.7 Å². The fourth-order valence-corrected chi connectivity index (χ4v) is 2.48. The maximum Gasteiger partial charge on any atom is 0.0465 e. The molecule has 20 heavy (non-hydrogen) atoms. The number of aliphatic hydroxyl groups excluding tert-OH is 1. The van der Waals surface area contributed by atoms with Gasteiger partial charge in [-0.2, -0.15) is 0 Å². The van der Waals surface area contributed by atoms with E-state index >= 15 is 0 Å². The van der Waals surface area contributed by atoms with Gasteiger partial charge in [0.15, 0.2) is 0 Å². The molecule has 1 N–H and O–H groups in total. The molecule has 1 aromatic rings. The lowest BCUT2D eigenvalue weighted by Gasteiger charge is -2.21. The van der Waals surface area contributed by atoms with Crippen LogP contribution >= 0.6 is 0 Å². The van der Waals surface area contributed by atoms with Crippen molar-refractivity contribution in [3.63, 3.8) is 0 Å². The van der Waals surface area contributed by atoms with Crippen LogP contribution in [0.25, 0.3) is 6.08 Å². The van der Waals surface area contributed by atoms with Crippen molar-refractivity contribution in [1.82, 2.24) is 0 Å². The van der Waals surface area contributed by atoms with Crippen LogP contribution in [-0.4, -0.2) is 11.7 Å². The predicted molar refractivity (Wildman–Crippen MR) is 89.4 cm³/mol. The molecule has 1 aromatic carbocycles. The summed E-state index contributed by atoms with van der Waals surface area (Å²) in [5.41, 5.74) is 5.63. The van der Waals surface area contributed by atoms with Gasteiger partial charge >= 0.3 is 0 Å². The van der Waals surface area contributed by atoms with E-state index in [9.17, 15) is 0 Å². The molecule has 0 aromatic heterocycles. The van der Waals surface area contributed by atoms with Gasteiger partial charge in [-0.05, 0) is 46.4 Å². The number of benzene rings is 1. The van der Waals surface area contributed by atoms with E-state index in [1.165, 1.54) is 22.3 Å². The van der Waals surface area contributed by atoms with Crippen LogP contribution in [-0.2, 0) is 0 Å². The summed E-state index contributed by atoms with van der Waals surface area (Å²) >= 11 is 0. The summed E-state index contributed by atoms with van der Waals surface area (Å²) in [5, 5.41) is 8.97. The fraction of sp³-hybridized carbons (Fsp3) is 0.579. The molecule has 0 aliphatic carbocycles. The normalized spacial score (nSPS) is 12.3. The van der Waals surface area contributed by atoms with E-state index in [2.05, 4.69) is 65.8 Å². The Morgan fingerprint density at radius 2 is 1.40 bits per heavy atom. The molecule has 0 radical (unpaired) electrons. The second-order valence-electron chi connectivity index (χ2n) is 6.49. The zero-order valence-electron chi connectivity index (χ0n) is 13.9. The maximum atomic E-state index is 8.97. The van der Waals surface area contributed by atoms with Crippen LogP contribution in [0.15, 0.2) is 18.2 Å². The van der Waals surface area contributed by atoms with Crippen LogP contribution < -0.4 is 0 Å². The molecule has 1 heteroatoms. The maximum absolute atomic E-state index is 8.97. The van der Waals surface area contributed by atoms with Crippen molar-refractivity contribution in [3.05, 3.63) is 40.5 Å². The van der Waals surface area contributed by atoms with Gasteiger partial charge < -0.3 is 5.11 Å². The third-order valence-corrected chi connectivity index (χ3v) is 3.76. The smallest absolute Gasteiger partial charge is 0.0465 e. The SMILES string of the molecule is CC(C)c1cc(C(C)C)c(C=CCCO)c(C(C)C)c1. The van der Waals surface area contributed by atoms with Crippen LogP contribution in [0, 0.1) is 0 Å². The molecular weight excluding hydrogens is 244 g/mol. The molecule has 112 valence electrons. The van der Waals surface area contributed by atoms with E-state index in [-0.39, 0.29) is 6.61 Å². The van der Waals surface area contributed by atoms with Crippen molar-refractivity contribution in [2.24, 2.45) is 0 Å². The number of hydrogen-bond acceptors (Lipinski definition) is 1. The second kappa shape index (κ2) is 7.64. The molecule has 0 aliphatic heterocycles. The average molecular weight is 274 g/mol. The third-order valence-electron chi connectivity index (χ3n) is 3.76. The molecule has 0 saturated heterocycles. The first kappa shape index (κ1) is 17.0. The van der Waals surface area contributed by atoms with Crippen molar-refractivity contribution in [3.8, 4) is 0 Å². The zero-order chi connectivity index (χ0) is 15.3. The quantitative estimate of drug-likeness (QED) is 0.731. The van der Waals surface area contributed by atoms with E-state index in [0.717, 1.165) is 6.42 Å². The standard InChI is InChI=1S/C19H30O/c1-13(2)16-11-18(14(3)4)17(9-7-8-10-20)19(12-16)15(5)6/h7,9,11-15,20H,8,10H2,1-6H3. The zero-order valence-corrected chi connectivity index (χ0v) is 13.9. The first-order chi connectivity index (χ1) is 9.38. The molecule has 0 atom stereocenters. The average Bonchev–Trinajstić information content (AvgIpc) is 2.37. The van der Waals surface area contributed by atoms with Crippen molar-refractivity contribution < 1.29 is 5.11 Å². The Hall–Kier alpha value is -1.08. The number of rotatable bonds is 6. The minimum Gasteiger partial charge on any atom is -0.396 e. The summed E-state index contributed by atoms with van der Waals surface area (Å²) in [6.45, 7) is 13.8. The molecule has 0 unspecified atom stereocenters. The molecule has 1 nitrogen and oxygen atoms in total. The molecule has 0 spiro atoms.